The van der Waals surface area contributed by atoms with Crippen molar-refractivity contribution in [3.05, 3.63) is 0 Å². The maximum absolute atomic E-state index is 11.5. The van der Waals surface area contributed by atoms with Crippen molar-refractivity contribution in [1.29, 1.82) is 0 Å². The highest BCUT2D eigenvalue weighted by atomic mass is 32.2. The molecule has 94 valence electrons. The summed E-state index contributed by atoms with van der Waals surface area (Å²) in [5.41, 5.74) is 0. The first-order valence-electron chi connectivity index (χ1n) is 5.85. The number of nitrogens with zero attached hydrogens (tertiary/aromatic N) is 1. The molecule has 0 amide bonds. The molecule has 0 radical (unpaired) electrons. The normalized spacial score (nSPS) is 25.6. The van der Waals surface area contributed by atoms with Gasteiger partial charge in [0, 0.05) is 0 Å². The molecule has 1 aliphatic heterocycles. The molecule has 3 atom stereocenters. The second-order valence-electron chi connectivity index (χ2n) is 3.65. The Balaban J connectivity index is 2.27. The molecule has 1 heterocycles. The van der Waals surface area contributed by atoms with E-state index in [-0.39, 0.29) is 11.2 Å². The molecule has 1 fully saturated rings. The number of rotatable bonds is 7. The molecule has 3 unspecified atom stereocenters. The third-order valence-corrected chi connectivity index (χ3v) is 5.59. The summed E-state index contributed by atoms with van der Waals surface area (Å²) in [6.45, 7) is 10.8. The highest BCUT2D eigenvalue weighted by Gasteiger charge is 2.44. The van der Waals surface area contributed by atoms with E-state index in [2.05, 4.69) is 18.7 Å². The Hall–Kier alpha value is 0.130. The van der Waals surface area contributed by atoms with Gasteiger partial charge >= 0.3 is 5.97 Å². The SMILES string of the molecule is CCOC(=O)C(C)SC1SC1N(CC)CC. The number of esters is 1. The molecule has 0 N–H and O–H groups in total. The molecule has 3 nitrogen and oxygen atoms in total. The van der Waals surface area contributed by atoms with Crippen molar-refractivity contribution in [2.75, 3.05) is 19.7 Å². The van der Waals surface area contributed by atoms with Gasteiger partial charge in [0.1, 0.15) is 5.25 Å². The van der Waals surface area contributed by atoms with Gasteiger partial charge in [0.2, 0.25) is 0 Å². The molecular formula is C11H21NO2S2. The van der Waals surface area contributed by atoms with Crippen molar-refractivity contribution in [2.24, 2.45) is 0 Å². The number of carbonyl (C=O) groups is 1. The lowest BCUT2D eigenvalue weighted by Gasteiger charge is -2.17. The van der Waals surface area contributed by atoms with Crippen LogP contribution in [0, 0.1) is 0 Å². The van der Waals surface area contributed by atoms with Gasteiger partial charge < -0.3 is 4.74 Å². The van der Waals surface area contributed by atoms with Crippen LogP contribution in [0.2, 0.25) is 0 Å². The van der Waals surface area contributed by atoms with Gasteiger partial charge in [-0.1, -0.05) is 13.8 Å². The lowest BCUT2D eigenvalue weighted by molar-refractivity contribution is -0.142. The van der Waals surface area contributed by atoms with Crippen LogP contribution in [-0.4, -0.2) is 45.8 Å². The molecule has 0 aliphatic carbocycles. The zero-order chi connectivity index (χ0) is 12.1. The Morgan fingerprint density at radius 2 is 2.06 bits per heavy atom. The number of thioether (sulfide) groups is 2. The lowest BCUT2D eigenvalue weighted by Crippen LogP contribution is -2.27. The second-order valence-corrected chi connectivity index (χ2v) is 6.70. The van der Waals surface area contributed by atoms with E-state index in [0.717, 1.165) is 13.1 Å². The summed E-state index contributed by atoms with van der Waals surface area (Å²) in [6, 6.07) is 0. The zero-order valence-electron chi connectivity index (χ0n) is 10.4. The summed E-state index contributed by atoms with van der Waals surface area (Å²) in [5, 5.41) is 0.551. The standard InChI is InChI=1S/C11H21NO2S2/c1-5-12(6-2)9-11(16-9)15-8(4)10(13)14-7-3/h8-9,11H,5-7H2,1-4H3. The third-order valence-electron chi connectivity index (χ3n) is 2.56. The van der Waals surface area contributed by atoms with Gasteiger partial charge in [-0.15, -0.1) is 23.5 Å². The van der Waals surface area contributed by atoms with Crippen LogP contribution in [0.25, 0.3) is 0 Å². The monoisotopic (exact) mass is 263 g/mol. The van der Waals surface area contributed by atoms with Gasteiger partial charge in [0.25, 0.3) is 0 Å². The average molecular weight is 263 g/mol. The van der Waals surface area contributed by atoms with Gasteiger partial charge in [-0.3, -0.25) is 9.69 Å². The average Bonchev–Trinajstić information content (AvgIpc) is 2.99. The van der Waals surface area contributed by atoms with Gasteiger partial charge in [-0.2, -0.15) is 0 Å². The Morgan fingerprint density at radius 1 is 1.44 bits per heavy atom. The summed E-state index contributed by atoms with van der Waals surface area (Å²) in [5.74, 6) is -0.0849. The molecule has 0 bridgehead atoms. The molecule has 0 aromatic heterocycles. The minimum Gasteiger partial charge on any atom is -0.465 e. The molecule has 5 heteroatoms. The molecule has 0 aromatic rings. The van der Waals surface area contributed by atoms with Crippen molar-refractivity contribution in [1.82, 2.24) is 4.90 Å². The molecule has 0 spiro atoms. The fraction of sp³-hybridized carbons (Fsp3) is 0.909. The first-order chi connectivity index (χ1) is 7.63. The highest BCUT2D eigenvalue weighted by Crippen LogP contribution is 2.52. The molecule has 1 aliphatic rings. The first kappa shape index (κ1) is 14.2. The number of carbonyl (C=O) groups excluding carboxylic acids is 1. The van der Waals surface area contributed by atoms with Crippen molar-refractivity contribution in [2.45, 2.75) is 42.9 Å². The van der Waals surface area contributed by atoms with E-state index in [1.54, 1.807) is 11.8 Å². The van der Waals surface area contributed by atoms with Gasteiger partial charge in [0.05, 0.1) is 16.6 Å². The topological polar surface area (TPSA) is 29.5 Å². The van der Waals surface area contributed by atoms with E-state index in [1.807, 2.05) is 25.6 Å². The zero-order valence-corrected chi connectivity index (χ0v) is 12.1. The van der Waals surface area contributed by atoms with Gasteiger partial charge in [-0.05, 0) is 26.9 Å². The van der Waals surface area contributed by atoms with E-state index >= 15 is 0 Å². The van der Waals surface area contributed by atoms with Crippen LogP contribution in [0.4, 0.5) is 0 Å². The Labute approximate surface area is 107 Å². The summed E-state index contributed by atoms with van der Waals surface area (Å²) in [7, 11) is 0. The molecule has 16 heavy (non-hydrogen) atoms. The predicted molar refractivity (Wildman–Crippen MR) is 71.8 cm³/mol. The number of ether oxygens (including phenoxy) is 1. The summed E-state index contributed by atoms with van der Waals surface area (Å²) in [6.07, 6.45) is 0. The quantitative estimate of drug-likeness (QED) is 0.520. The Kier molecular flexibility index (Phi) is 6.00. The van der Waals surface area contributed by atoms with Crippen molar-refractivity contribution < 1.29 is 9.53 Å². The fourth-order valence-electron chi connectivity index (χ4n) is 1.55. The predicted octanol–water partition coefficient (Wildman–Crippen LogP) is 2.41. The molecule has 1 rings (SSSR count). The van der Waals surface area contributed by atoms with E-state index in [4.69, 9.17) is 4.74 Å². The van der Waals surface area contributed by atoms with E-state index in [0.29, 0.717) is 16.6 Å². The number of hydrogen-bond acceptors (Lipinski definition) is 5. The van der Waals surface area contributed by atoms with Crippen LogP contribution < -0.4 is 0 Å². The van der Waals surface area contributed by atoms with Crippen molar-refractivity contribution >= 4 is 29.5 Å². The fourth-order valence-corrected chi connectivity index (χ4v) is 4.55. The third kappa shape index (κ3) is 3.86. The van der Waals surface area contributed by atoms with Gasteiger partial charge in [0.15, 0.2) is 0 Å². The van der Waals surface area contributed by atoms with E-state index in [1.165, 1.54) is 0 Å². The van der Waals surface area contributed by atoms with Gasteiger partial charge in [-0.25, -0.2) is 0 Å². The number of hydrogen-bond donors (Lipinski definition) is 0. The summed E-state index contributed by atoms with van der Waals surface area (Å²) >= 11 is 3.67. The molecular weight excluding hydrogens is 242 g/mol. The Bertz CT molecular complexity index is 234. The molecule has 0 aromatic carbocycles. The minimum absolute atomic E-state index is 0.0435. The smallest absolute Gasteiger partial charge is 0.318 e. The Morgan fingerprint density at radius 3 is 2.56 bits per heavy atom. The first-order valence-corrected chi connectivity index (χ1v) is 7.74. The van der Waals surface area contributed by atoms with E-state index < -0.39 is 0 Å². The molecule has 1 saturated heterocycles. The largest absolute Gasteiger partial charge is 0.465 e. The van der Waals surface area contributed by atoms with Crippen LogP contribution in [0.3, 0.4) is 0 Å². The van der Waals surface area contributed by atoms with Crippen LogP contribution >= 0.6 is 23.5 Å². The molecule has 0 saturated carbocycles. The lowest BCUT2D eigenvalue weighted by atomic mass is 10.5. The van der Waals surface area contributed by atoms with Crippen LogP contribution in [0.5, 0.6) is 0 Å². The van der Waals surface area contributed by atoms with Crippen LogP contribution in [-0.2, 0) is 9.53 Å². The van der Waals surface area contributed by atoms with Crippen LogP contribution in [0.15, 0.2) is 0 Å². The minimum atomic E-state index is -0.0849. The van der Waals surface area contributed by atoms with E-state index in [9.17, 15) is 4.79 Å². The maximum atomic E-state index is 11.5. The van der Waals surface area contributed by atoms with Crippen molar-refractivity contribution in [3.8, 4) is 0 Å². The maximum Gasteiger partial charge on any atom is 0.318 e. The van der Waals surface area contributed by atoms with Crippen LogP contribution in [0.1, 0.15) is 27.7 Å². The van der Waals surface area contributed by atoms with Crippen molar-refractivity contribution in [3.63, 3.8) is 0 Å². The second kappa shape index (κ2) is 6.77. The highest BCUT2D eigenvalue weighted by molar-refractivity contribution is 8.24. The summed E-state index contributed by atoms with van der Waals surface area (Å²) in [4.78, 5) is 13.9. The summed E-state index contributed by atoms with van der Waals surface area (Å²) < 4.78 is 5.54.